The minimum absolute atomic E-state index is 0.0466. The Balaban J connectivity index is 2.09. The maximum Gasteiger partial charge on any atom is 0.416 e. The van der Waals surface area contributed by atoms with E-state index in [0.717, 1.165) is 22.5 Å². The zero-order valence-electron chi connectivity index (χ0n) is 15.2. The fraction of sp³-hybridized carbons (Fsp3) is 0.211. The molecule has 0 aliphatic heterocycles. The molecule has 0 aromatic heterocycles. The van der Waals surface area contributed by atoms with Gasteiger partial charge in [-0.25, -0.2) is 12.7 Å². The summed E-state index contributed by atoms with van der Waals surface area (Å²) in [5.74, 6) is -0.561. The van der Waals surface area contributed by atoms with Crippen LogP contribution in [-0.4, -0.2) is 32.7 Å². The fourth-order valence-electron chi connectivity index (χ4n) is 2.33. The van der Waals surface area contributed by atoms with Gasteiger partial charge in [-0.15, -0.1) is 0 Å². The van der Waals surface area contributed by atoms with Crippen LogP contribution in [0.25, 0.3) is 6.08 Å². The normalized spacial score (nSPS) is 12.5. The largest absolute Gasteiger partial charge is 0.416 e. The lowest BCUT2D eigenvalue weighted by Crippen LogP contribution is -2.26. The third-order valence-electron chi connectivity index (χ3n) is 3.83. The van der Waals surface area contributed by atoms with Crippen molar-refractivity contribution in [2.24, 2.45) is 0 Å². The zero-order chi connectivity index (χ0) is 20.9. The van der Waals surface area contributed by atoms with Crippen molar-refractivity contribution in [3.63, 3.8) is 0 Å². The fourth-order valence-corrected chi connectivity index (χ4v) is 3.45. The van der Waals surface area contributed by atoms with Crippen LogP contribution in [0.2, 0.25) is 0 Å². The summed E-state index contributed by atoms with van der Waals surface area (Å²) < 4.78 is 63.9. The molecule has 0 radical (unpaired) electrons. The molecule has 0 spiro atoms. The molecular weight excluding hydrogens is 393 g/mol. The molecular formula is C19H19F3N2O3S. The van der Waals surface area contributed by atoms with Gasteiger partial charge in [0.2, 0.25) is 15.9 Å². The van der Waals surface area contributed by atoms with Crippen LogP contribution >= 0.6 is 0 Å². The molecule has 0 saturated heterocycles. The van der Waals surface area contributed by atoms with Crippen LogP contribution in [0.15, 0.2) is 59.5 Å². The second-order valence-electron chi connectivity index (χ2n) is 6.07. The Kier molecular flexibility index (Phi) is 6.63. The highest BCUT2D eigenvalue weighted by Crippen LogP contribution is 2.29. The number of sulfonamides is 1. The zero-order valence-corrected chi connectivity index (χ0v) is 16.0. The van der Waals surface area contributed by atoms with Crippen LogP contribution in [-0.2, 0) is 27.5 Å². The Morgan fingerprint density at radius 1 is 1.11 bits per heavy atom. The second kappa shape index (κ2) is 8.57. The van der Waals surface area contributed by atoms with Gasteiger partial charge in [0, 0.05) is 26.7 Å². The minimum Gasteiger partial charge on any atom is -0.348 e. The van der Waals surface area contributed by atoms with Gasteiger partial charge < -0.3 is 5.32 Å². The molecule has 0 fully saturated rings. The summed E-state index contributed by atoms with van der Waals surface area (Å²) in [6.07, 6.45) is -2.11. The molecule has 2 rings (SSSR count). The number of hydrogen-bond donors (Lipinski definition) is 1. The van der Waals surface area contributed by atoms with Gasteiger partial charge >= 0.3 is 6.18 Å². The van der Waals surface area contributed by atoms with E-state index >= 15 is 0 Å². The first-order valence-electron chi connectivity index (χ1n) is 8.15. The first-order valence-corrected chi connectivity index (χ1v) is 9.59. The third kappa shape index (κ3) is 5.43. The predicted octanol–water partition coefficient (Wildman–Crippen LogP) is 3.29. The van der Waals surface area contributed by atoms with Crippen molar-refractivity contribution in [2.75, 3.05) is 14.1 Å². The van der Waals surface area contributed by atoms with E-state index in [0.29, 0.717) is 5.56 Å². The Morgan fingerprint density at radius 3 is 2.43 bits per heavy atom. The van der Waals surface area contributed by atoms with E-state index in [-0.39, 0.29) is 17.0 Å². The quantitative estimate of drug-likeness (QED) is 0.741. The minimum atomic E-state index is -4.46. The van der Waals surface area contributed by atoms with E-state index in [1.807, 2.05) is 0 Å². The standard InChI is InChI=1S/C19H19F3N2O3S/c1-24(2)28(26,27)17-9-4-3-7-15(17)13-23-18(25)11-10-14-6-5-8-16(12-14)19(20,21)22/h3-12H,13H2,1-2H3,(H,23,25)/b11-10+. The van der Waals surface area contributed by atoms with E-state index in [9.17, 15) is 26.4 Å². The Hall–Kier alpha value is -2.65. The average molecular weight is 412 g/mol. The molecule has 28 heavy (non-hydrogen) atoms. The lowest BCUT2D eigenvalue weighted by molar-refractivity contribution is -0.137. The van der Waals surface area contributed by atoms with Crippen LogP contribution in [0.5, 0.6) is 0 Å². The summed E-state index contributed by atoms with van der Waals surface area (Å²) in [5, 5.41) is 2.53. The summed E-state index contributed by atoms with van der Waals surface area (Å²) in [4.78, 5) is 12.1. The van der Waals surface area contributed by atoms with Gasteiger partial charge in [-0.3, -0.25) is 4.79 Å². The van der Waals surface area contributed by atoms with Crippen molar-refractivity contribution in [2.45, 2.75) is 17.6 Å². The molecule has 0 aliphatic carbocycles. The van der Waals surface area contributed by atoms with Crippen LogP contribution in [0.4, 0.5) is 13.2 Å². The summed E-state index contributed by atoms with van der Waals surface area (Å²) in [5.41, 5.74) is -0.185. The number of alkyl halides is 3. The first-order chi connectivity index (χ1) is 13.0. The predicted molar refractivity (Wildman–Crippen MR) is 99.6 cm³/mol. The van der Waals surface area contributed by atoms with E-state index < -0.39 is 27.7 Å². The molecule has 0 bridgehead atoms. The van der Waals surface area contributed by atoms with Gasteiger partial charge in [0.25, 0.3) is 0 Å². The Bertz CT molecular complexity index is 984. The molecule has 2 aromatic rings. The molecule has 0 saturated carbocycles. The Morgan fingerprint density at radius 2 is 1.79 bits per heavy atom. The highest BCUT2D eigenvalue weighted by molar-refractivity contribution is 7.89. The van der Waals surface area contributed by atoms with Gasteiger partial charge in [-0.05, 0) is 35.4 Å². The Labute approximate surface area is 161 Å². The van der Waals surface area contributed by atoms with Crippen molar-refractivity contribution >= 4 is 22.0 Å². The monoisotopic (exact) mass is 412 g/mol. The molecule has 0 unspecified atom stereocenters. The molecule has 1 N–H and O–H groups in total. The van der Waals surface area contributed by atoms with Gasteiger partial charge in [0.05, 0.1) is 10.5 Å². The van der Waals surface area contributed by atoms with Crippen molar-refractivity contribution in [3.05, 3.63) is 71.3 Å². The van der Waals surface area contributed by atoms with E-state index in [4.69, 9.17) is 0 Å². The van der Waals surface area contributed by atoms with Crippen LogP contribution in [0, 0.1) is 0 Å². The lowest BCUT2D eigenvalue weighted by atomic mass is 10.1. The molecule has 0 heterocycles. The van der Waals surface area contributed by atoms with Crippen LogP contribution in [0.3, 0.4) is 0 Å². The second-order valence-corrected chi connectivity index (χ2v) is 8.19. The number of amides is 1. The van der Waals surface area contributed by atoms with Crippen molar-refractivity contribution < 1.29 is 26.4 Å². The summed E-state index contributed by atoms with van der Waals surface area (Å²) in [7, 11) is -0.861. The molecule has 1 amide bonds. The summed E-state index contributed by atoms with van der Waals surface area (Å²) in [6, 6.07) is 10.8. The smallest absolute Gasteiger partial charge is 0.348 e. The molecule has 0 aliphatic rings. The summed E-state index contributed by atoms with van der Waals surface area (Å²) >= 11 is 0. The number of nitrogens with one attached hydrogen (secondary N) is 1. The topological polar surface area (TPSA) is 66.5 Å². The van der Waals surface area contributed by atoms with E-state index in [1.165, 1.54) is 38.4 Å². The number of carbonyl (C=O) groups is 1. The number of rotatable bonds is 6. The van der Waals surface area contributed by atoms with Gasteiger partial charge in [0.1, 0.15) is 0 Å². The average Bonchev–Trinajstić information content (AvgIpc) is 2.64. The highest BCUT2D eigenvalue weighted by atomic mass is 32.2. The van der Waals surface area contributed by atoms with Gasteiger partial charge in [-0.1, -0.05) is 30.3 Å². The van der Waals surface area contributed by atoms with E-state index in [2.05, 4.69) is 5.32 Å². The van der Waals surface area contributed by atoms with E-state index in [1.54, 1.807) is 18.2 Å². The maximum absolute atomic E-state index is 12.7. The molecule has 0 atom stereocenters. The number of nitrogens with zero attached hydrogens (tertiary/aromatic N) is 1. The highest BCUT2D eigenvalue weighted by Gasteiger charge is 2.30. The molecule has 2 aromatic carbocycles. The molecule has 150 valence electrons. The van der Waals surface area contributed by atoms with Crippen molar-refractivity contribution in [3.8, 4) is 0 Å². The first kappa shape index (κ1) is 21.6. The number of carbonyl (C=O) groups excluding carboxylic acids is 1. The van der Waals surface area contributed by atoms with Crippen molar-refractivity contribution in [1.82, 2.24) is 9.62 Å². The van der Waals surface area contributed by atoms with Crippen molar-refractivity contribution in [1.29, 1.82) is 0 Å². The van der Waals surface area contributed by atoms with Gasteiger partial charge in [0.15, 0.2) is 0 Å². The van der Waals surface area contributed by atoms with Crippen LogP contribution in [0.1, 0.15) is 16.7 Å². The number of benzene rings is 2. The molecule has 5 nitrogen and oxygen atoms in total. The van der Waals surface area contributed by atoms with Crippen LogP contribution < -0.4 is 5.32 Å². The SMILES string of the molecule is CN(C)S(=O)(=O)c1ccccc1CNC(=O)/C=C/c1cccc(C(F)(F)F)c1. The number of halogens is 3. The lowest BCUT2D eigenvalue weighted by Gasteiger charge is -2.15. The molecule has 9 heteroatoms. The summed E-state index contributed by atoms with van der Waals surface area (Å²) in [6.45, 7) is -0.0466. The third-order valence-corrected chi connectivity index (χ3v) is 5.74. The van der Waals surface area contributed by atoms with Gasteiger partial charge in [-0.2, -0.15) is 13.2 Å². The number of hydrogen-bond acceptors (Lipinski definition) is 3. The maximum atomic E-state index is 12.7.